The molecule has 0 amide bonds. The Morgan fingerprint density at radius 1 is 1.21 bits per heavy atom. The first-order chi connectivity index (χ1) is 9.24. The minimum absolute atomic E-state index is 0.265. The Morgan fingerprint density at radius 2 is 2.00 bits per heavy atom. The summed E-state index contributed by atoms with van der Waals surface area (Å²) < 4.78 is 0. The van der Waals surface area contributed by atoms with Crippen LogP contribution in [0.2, 0.25) is 0 Å². The summed E-state index contributed by atoms with van der Waals surface area (Å²) in [6.07, 6.45) is 4.82. The van der Waals surface area contributed by atoms with E-state index < -0.39 is 0 Å². The molecule has 2 aromatic rings. The molecule has 1 aliphatic carbocycles. The van der Waals surface area contributed by atoms with Crippen LogP contribution in [0.3, 0.4) is 0 Å². The molecule has 3 N–H and O–H groups in total. The van der Waals surface area contributed by atoms with E-state index in [1.54, 1.807) is 0 Å². The summed E-state index contributed by atoms with van der Waals surface area (Å²) in [6, 6.07) is 11.1. The van der Waals surface area contributed by atoms with Crippen molar-refractivity contribution in [2.24, 2.45) is 5.73 Å². The fraction of sp³-hybridized carbons (Fsp3) is 0.438. The van der Waals surface area contributed by atoms with E-state index in [2.05, 4.69) is 34.6 Å². The quantitative estimate of drug-likeness (QED) is 0.866. The number of nitrogens with zero attached hydrogens (tertiary/aromatic N) is 1. The molecular weight excluding hydrogens is 234 g/mol. The smallest absolute Gasteiger partial charge is 0.0725 e. The highest BCUT2D eigenvalue weighted by molar-refractivity contribution is 5.91. The van der Waals surface area contributed by atoms with Crippen LogP contribution in [0.25, 0.3) is 10.9 Å². The Hall–Kier alpha value is -1.61. The monoisotopic (exact) mass is 255 g/mol. The number of fused-ring (bicyclic) bond motifs is 1. The van der Waals surface area contributed by atoms with Gasteiger partial charge in [-0.2, -0.15) is 0 Å². The third-order valence-electron chi connectivity index (χ3n) is 4.00. The van der Waals surface area contributed by atoms with Crippen molar-refractivity contribution in [3.05, 3.63) is 36.0 Å². The van der Waals surface area contributed by atoms with Crippen LogP contribution >= 0.6 is 0 Å². The first-order valence-electron chi connectivity index (χ1n) is 7.12. The van der Waals surface area contributed by atoms with Gasteiger partial charge in [-0.05, 0) is 31.9 Å². The van der Waals surface area contributed by atoms with Gasteiger partial charge in [0.25, 0.3) is 0 Å². The number of hydrogen-bond acceptors (Lipinski definition) is 3. The van der Waals surface area contributed by atoms with E-state index >= 15 is 0 Å². The zero-order chi connectivity index (χ0) is 13.2. The van der Waals surface area contributed by atoms with Crippen molar-refractivity contribution in [2.75, 3.05) is 5.32 Å². The Kier molecular flexibility index (Phi) is 3.38. The maximum atomic E-state index is 6.23. The Balaban J connectivity index is 1.95. The number of aryl methyl sites for hydroxylation is 1. The number of rotatable bonds is 2. The highest BCUT2D eigenvalue weighted by atomic mass is 15.0. The Bertz CT molecular complexity index is 579. The van der Waals surface area contributed by atoms with E-state index in [1.807, 2.05) is 13.0 Å². The van der Waals surface area contributed by atoms with Gasteiger partial charge in [0.15, 0.2) is 0 Å². The highest BCUT2D eigenvalue weighted by Crippen LogP contribution is 2.27. The van der Waals surface area contributed by atoms with Crippen molar-refractivity contribution in [1.82, 2.24) is 4.98 Å². The van der Waals surface area contributed by atoms with Crippen LogP contribution in [0.4, 0.5) is 5.69 Å². The number of aromatic nitrogens is 1. The lowest BCUT2D eigenvalue weighted by Crippen LogP contribution is -2.42. The lowest BCUT2D eigenvalue weighted by atomic mass is 9.90. The molecule has 2 unspecified atom stereocenters. The second-order valence-electron chi connectivity index (χ2n) is 5.53. The van der Waals surface area contributed by atoms with E-state index in [9.17, 15) is 0 Å². The molecule has 3 heteroatoms. The highest BCUT2D eigenvalue weighted by Gasteiger charge is 2.22. The van der Waals surface area contributed by atoms with Crippen LogP contribution in [-0.2, 0) is 0 Å². The third-order valence-corrected chi connectivity index (χ3v) is 4.00. The van der Waals surface area contributed by atoms with Crippen LogP contribution in [0.1, 0.15) is 31.4 Å². The number of hydrogen-bond donors (Lipinski definition) is 2. The fourth-order valence-electron chi connectivity index (χ4n) is 2.97. The normalized spacial score (nSPS) is 23.5. The van der Waals surface area contributed by atoms with Gasteiger partial charge in [0, 0.05) is 28.9 Å². The van der Waals surface area contributed by atoms with E-state index in [4.69, 9.17) is 5.73 Å². The van der Waals surface area contributed by atoms with E-state index in [1.165, 1.54) is 23.9 Å². The molecule has 0 spiro atoms. The molecular formula is C16H21N3. The van der Waals surface area contributed by atoms with Crippen LogP contribution in [-0.4, -0.2) is 17.1 Å². The van der Waals surface area contributed by atoms with Gasteiger partial charge in [-0.25, -0.2) is 0 Å². The molecule has 19 heavy (non-hydrogen) atoms. The second kappa shape index (κ2) is 5.17. The number of nitrogens with two attached hydrogens (primary N) is 1. The predicted molar refractivity (Wildman–Crippen MR) is 80.3 cm³/mol. The predicted octanol–water partition coefficient (Wildman–Crippen LogP) is 3.23. The van der Waals surface area contributed by atoms with Crippen molar-refractivity contribution >= 4 is 16.6 Å². The molecule has 1 saturated carbocycles. The largest absolute Gasteiger partial charge is 0.380 e. The molecule has 3 rings (SSSR count). The SMILES string of the molecule is Cc1cc(NC2CCCCC2N)c2ccccc2n1. The average molecular weight is 255 g/mol. The number of anilines is 1. The minimum atomic E-state index is 0.265. The number of para-hydroxylation sites is 1. The molecule has 1 heterocycles. The molecule has 0 bridgehead atoms. The molecule has 1 aromatic carbocycles. The maximum Gasteiger partial charge on any atom is 0.0725 e. The van der Waals surface area contributed by atoms with Crippen LogP contribution < -0.4 is 11.1 Å². The van der Waals surface area contributed by atoms with E-state index in [0.717, 1.165) is 24.1 Å². The van der Waals surface area contributed by atoms with Gasteiger partial charge in [0.05, 0.1) is 5.52 Å². The second-order valence-corrected chi connectivity index (χ2v) is 5.53. The van der Waals surface area contributed by atoms with Gasteiger partial charge < -0.3 is 11.1 Å². The Morgan fingerprint density at radius 3 is 2.84 bits per heavy atom. The standard InChI is InChI=1S/C16H21N3/c1-11-10-16(12-6-2-4-8-14(12)18-11)19-15-9-5-3-7-13(15)17/h2,4,6,8,10,13,15H,3,5,7,9,17H2,1H3,(H,18,19). The lowest BCUT2D eigenvalue weighted by Gasteiger charge is -2.30. The number of benzene rings is 1. The van der Waals surface area contributed by atoms with Gasteiger partial charge in [-0.15, -0.1) is 0 Å². The van der Waals surface area contributed by atoms with E-state index in [0.29, 0.717) is 6.04 Å². The number of pyridine rings is 1. The molecule has 1 fully saturated rings. The summed E-state index contributed by atoms with van der Waals surface area (Å²) in [4.78, 5) is 4.58. The molecule has 1 aromatic heterocycles. The summed E-state index contributed by atoms with van der Waals surface area (Å²) in [5.41, 5.74) is 9.50. The molecule has 0 aliphatic heterocycles. The molecule has 0 saturated heterocycles. The zero-order valence-electron chi connectivity index (χ0n) is 11.4. The van der Waals surface area contributed by atoms with E-state index in [-0.39, 0.29) is 6.04 Å². The topological polar surface area (TPSA) is 50.9 Å². The molecule has 1 aliphatic rings. The molecule has 100 valence electrons. The Labute approximate surface area is 114 Å². The molecule has 3 nitrogen and oxygen atoms in total. The fourth-order valence-corrected chi connectivity index (χ4v) is 2.97. The van der Waals surface area contributed by atoms with Crippen LogP contribution in [0.5, 0.6) is 0 Å². The van der Waals surface area contributed by atoms with Crippen LogP contribution in [0, 0.1) is 6.92 Å². The molecule has 0 radical (unpaired) electrons. The first kappa shape index (κ1) is 12.4. The summed E-state index contributed by atoms with van der Waals surface area (Å²) in [5.74, 6) is 0. The van der Waals surface area contributed by atoms with Gasteiger partial charge in [-0.3, -0.25) is 4.98 Å². The third kappa shape index (κ3) is 2.56. The van der Waals surface area contributed by atoms with Crippen molar-refractivity contribution in [3.8, 4) is 0 Å². The summed E-state index contributed by atoms with van der Waals surface area (Å²) >= 11 is 0. The van der Waals surface area contributed by atoms with Crippen molar-refractivity contribution < 1.29 is 0 Å². The van der Waals surface area contributed by atoms with Gasteiger partial charge in [0.2, 0.25) is 0 Å². The van der Waals surface area contributed by atoms with Gasteiger partial charge in [-0.1, -0.05) is 31.0 Å². The first-order valence-corrected chi connectivity index (χ1v) is 7.12. The van der Waals surface area contributed by atoms with Crippen LogP contribution in [0.15, 0.2) is 30.3 Å². The van der Waals surface area contributed by atoms with Gasteiger partial charge >= 0.3 is 0 Å². The summed E-state index contributed by atoms with van der Waals surface area (Å²) in [6.45, 7) is 2.04. The zero-order valence-corrected chi connectivity index (χ0v) is 11.4. The van der Waals surface area contributed by atoms with Crippen molar-refractivity contribution in [1.29, 1.82) is 0 Å². The molecule has 2 atom stereocenters. The minimum Gasteiger partial charge on any atom is -0.380 e. The maximum absolute atomic E-state index is 6.23. The van der Waals surface area contributed by atoms with Gasteiger partial charge in [0.1, 0.15) is 0 Å². The van der Waals surface area contributed by atoms with Crippen molar-refractivity contribution in [2.45, 2.75) is 44.7 Å². The number of nitrogens with one attached hydrogen (secondary N) is 1. The summed E-state index contributed by atoms with van der Waals surface area (Å²) in [5, 5.41) is 4.84. The van der Waals surface area contributed by atoms with Crippen molar-refractivity contribution in [3.63, 3.8) is 0 Å². The lowest BCUT2D eigenvalue weighted by molar-refractivity contribution is 0.404. The average Bonchev–Trinajstić information content (AvgIpc) is 2.41. The summed E-state index contributed by atoms with van der Waals surface area (Å²) in [7, 11) is 0.